The molecular formula is C37H67NO11. The van der Waals surface area contributed by atoms with Gasteiger partial charge in [-0.2, -0.15) is 0 Å². The van der Waals surface area contributed by atoms with Gasteiger partial charge in [-0.3, -0.25) is 4.79 Å². The molecule has 0 spiro atoms. The molecule has 3 rings (SSSR count). The summed E-state index contributed by atoms with van der Waals surface area (Å²) in [5.41, 5.74) is -0.623. The number of carbonyl (C=O) groups is 1. The monoisotopic (exact) mass is 701 g/mol. The largest absolute Gasteiger partial charge is 0.457 e. The van der Waals surface area contributed by atoms with Crippen LogP contribution in [-0.2, 0) is 33.2 Å². The van der Waals surface area contributed by atoms with Crippen LogP contribution in [0.3, 0.4) is 0 Å². The summed E-state index contributed by atoms with van der Waals surface area (Å²) in [5, 5.41) is 45.1. The number of aliphatic hydroxyl groups excluding tert-OH is 4. The Bertz CT molecular complexity index is 1080. The molecule has 3 aliphatic heterocycles. The van der Waals surface area contributed by atoms with E-state index in [2.05, 4.69) is 6.58 Å². The summed E-state index contributed by atoms with van der Waals surface area (Å²) < 4.78 is 37.6. The van der Waals surface area contributed by atoms with Crippen LogP contribution in [-0.4, -0.2) is 132 Å². The van der Waals surface area contributed by atoms with Crippen molar-refractivity contribution in [3.05, 3.63) is 12.2 Å². The smallest absolute Gasteiger partial charge is 0.311 e. The van der Waals surface area contributed by atoms with Crippen molar-refractivity contribution >= 4 is 5.97 Å². The highest BCUT2D eigenvalue weighted by Crippen LogP contribution is 2.39. The summed E-state index contributed by atoms with van der Waals surface area (Å²) in [7, 11) is 5.37. The number of cyclic esters (lactones) is 1. The van der Waals surface area contributed by atoms with Crippen molar-refractivity contribution in [2.45, 2.75) is 167 Å². The molecule has 3 aliphatic rings. The van der Waals surface area contributed by atoms with Gasteiger partial charge in [0, 0.05) is 31.4 Å². The van der Waals surface area contributed by atoms with Gasteiger partial charge in [-0.1, -0.05) is 41.2 Å². The van der Waals surface area contributed by atoms with Crippen LogP contribution >= 0.6 is 0 Å². The van der Waals surface area contributed by atoms with Crippen molar-refractivity contribution in [2.24, 2.45) is 29.6 Å². The van der Waals surface area contributed by atoms with Gasteiger partial charge in [0.05, 0.1) is 48.1 Å². The zero-order valence-corrected chi connectivity index (χ0v) is 31.9. The first-order valence-corrected chi connectivity index (χ1v) is 18.2. The summed E-state index contributed by atoms with van der Waals surface area (Å²) in [4.78, 5) is 16.0. The van der Waals surface area contributed by atoms with Gasteiger partial charge in [-0.25, -0.2) is 0 Å². The predicted molar refractivity (Wildman–Crippen MR) is 184 cm³/mol. The van der Waals surface area contributed by atoms with Gasteiger partial charge in [-0.05, 0) is 78.5 Å². The highest BCUT2D eigenvalue weighted by Gasteiger charge is 2.49. The number of ether oxygens (including phenoxy) is 6. The third-order valence-electron chi connectivity index (χ3n) is 11.6. The maximum atomic E-state index is 14.0. The van der Waals surface area contributed by atoms with E-state index in [0.717, 1.165) is 0 Å². The lowest BCUT2D eigenvalue weighted by Crippen LogP contribution is -2.58. The molecule has 49 heavy (non-hydrogen) atoms. The van der Waals surface area contributed by atoms with E-state index < -0.39 is 90.7 Å². The number of nitrogens with zero attached hydrogens (tertiary/aromatic N) is 1. The van der Waals surface area contributed by atoms with Crippen molar-refractivity contribution in [3.63, 3.8) is 0 Å². The van der Waals surface area contributed by atoms with Crippen molar-refractivity contribution in [1.29, 1.82) is 0 Å². The van der Waals surface area contributed by atoms with Crippen molar-refractivity contribution in [1.82, 2.24) is 4.90 Å². The van der Waals surface area contributed by atoms with E-state index in [4.69, 9.17) is 28.4 Å². The average Bonchev–Trinajstić information content (AvgIpc) is 3.05. The molecule has 0 aliphatic carbocycles. The van der Waals surface area contributed by atoms with Gasteiger partial charge < -0.3 is 53.7 Å². The van der Waals surface area contributed by atoms with Crippen molar-refractivity contribution in [2.75, 3.05) is 21.2 Å². The highest BCUT2D eigenvalue weighted by atomic mass is 16.7. The summed E-state index contributed by atoms with van der Waals surface area (Å²) >= 11 is 0. The van der Waals surface area contributed by atoms with Gasteiger partial charge in [-0.15, -0.1) is 0 Å². The van der Waals surface area contributed by atoms with Crippen LogP contribution < -0.4 is 0 Å². The summed E-state index contributed by atoms with van der Waals surface area (Å²) in [6.45, 7) is 20.9. The van der Waals surface area contributed by atoms with Crippen LogP contribution in [0.4, 0.5) is 0 Å². The van der Waals surface area contributed by atoms with E-state index in [-0.39, 0.29) is 30.4 Å². The van der Waals surface area contributed by atoms with Crippen LogP contribution in [0.1, 0.15) is 88.0 Å². The topological polar surface area (TPSA) is 157 Å². The molecule has 0 bridgehead atoms. The SMILES string of the molecule is C=C1C(CC)OC(=O)C(C)C(O[C@H]2C[C@@](C)(OC)[C@@H](O)C(C)O2)C(C)[C@@H](O[C@@H]2OC(C)CC(N(C)C)[C@H]2O)[C@@H](C)C[C@@H](C)[C@H](O)[C@H](C)[C@H]1O. The Balaban J connectivity index is 2.10. The van der Waals surface area contributed by atoms with Crippen molar-refractivity contribution < 1.29 is 53.6 Å². The minimum absolute atomic E-state index is 0.177. The molecule has 0 amide bonds. The molecule has 0 radical (unpaired) electrons. The Morgan fingerprint density at radius 2 is 1.53 bits per heavy atom. The Hall–Kier alpha value is -1.19. The normalized spacial score (nSPS) is 48.2. The lowest BCUT2D eigenvalue weighted by atomic mass is 9.77. The quantitative estimate of drug-likeness (QED) is 0.227. The third kappa shape index (κ3) is 9.63. The average molecular weight is 702 g/mol. The molecule has 7 unspecified atom stereocenters. The molecule has 286 valence electrons. The number of likely N-dealkylation sites (N-methyl/N-ethyl adjacent to an activating group) is 1. The number of hydrogen-bond acceptors (Lipinski definition) is 12. The number of methoxy groups -OCH3 is 1. The third-order valence-corrected chi connectivity index (χ3v) is 11.6. The molecule has 0 aromatic rings. The van der Waals surface area contributed by atoms with Gasteiger partial charge in [0.15, 0.2) is 12.6 Å². The lowest BCUT2D eigenvalue weighted by molar-refractivity contribution is -0.309. The second kappa shape index (κ2) is 17.6. The van der Waals surface area contributed by atoms with Crippen molar-refractivity contribution in [3.8, 4) is 0 Å². The summed E-state index contributed by atoms with van der Waals surface area (Å²) in [6.07, 6.45) is -6.93. The van der Waals surface area contributed by atoms with E-state index >= 15 is 0 Å². The van der Waals surface area contributed by atoms with Crippen LogP contribution in [0.25, 0.3) is 0 Å². The number of esters is 1. The van der Waals surface area contributed by atoms with E-state index in [9.17, 15) is 25.2 Å². The number of aliphatic hydroxyl groups is 4. The first-order chi connectivity index (χ1) is 22.8. The first-order valence-electron chi connectivity index (χ1n) is 18.2. The van der Waals surface area contributed by atoms with E-state index in [1.807, 2.05) is 53.6 Å². The zero-order valence-electron chi connectivity index (χ0n) is 31.9. The molecule has 12 heteroatoms. The summed E-state index contributed by atoms with van der Waals surface area (Å²) in [6, 6.07) is -0.198. The van der Waals surface area contributed by atoms with E-state index in [1.54, 1.807) is 27.7 Å². The van der Waals surface area contributed by atoms with Gasteiger partial charge in [0.1, 0.15) is 18.3 Å². The number of hydrogen-bond donors (Lipinski definition) is 4. The maximum Gasteiger partial charge on any atom is 0.311 e. The fourth-order valence-electron chi connectivity index (χ4n) is 8.14. The highest BCUT2D eigenvalue weighted by molar-refractivity contribution is 5.73. The fraction of sp³-hybridized carbons (Fsp3) is 0.919. The maximum absolute atomic E-state index is 14.0. The molecule has 0 saturated carbocycles. The van der Waals surface area contributed by atoms with Gasteiger partial charge >= 0.3 is 5.97 Å². The first kappa shape index (κ1) is 42.2. The van der Waals surface area contributed by atoms with Gasteiger partial charge in [0.25, 0.3) is 0 Å². The Morgan fingerprint density at radius 1 is 0.898 bits per heavy atom. The second-order valence-corrected chi connectivity index (χ2v) is 15.8. The molecule has 3 heterocycles. The van der Waals surface area contributed by atoms with Gasteiger partial charge in [0.2, 0.25) is 0 Å². The molecule has 3 fully saturated rings. The second-order valence-electron chi connectivity index (χ2n) is 15.8. The predicted octanol–water partition coefficient (Wildman–Crippen LogP) is 3.27. The van der Waals surface area contributed by atoms with Crippen LogP contribution in [0.5, 0.6) is 0 Å². The molecule has 18 atom stereocenters. The summed E-state index contributed by atoms with van der Waals surface area (Å²) in [5.74, 6) is -2.92. The fourth-order valence-corrected chi connectivity index (χ4v) is 8.14. The minimum Gasteiger partial charge on any atom is -0.457 e. The van der Waals surface area contributed by atoms with Crippen LogP contribution in [0.2, 0.25) is 0 Å². The van der Waals surface area contributed by atoms with Crippen LogP contribution in [0, 0.1) is 29.6 Å². The Labute approximate surface area is 294 Å². The molecule has 12 nitrogen and oxygen atoms in total. The Morgan fingerprint density at radius 3 is 2.10 bits per heavy atom. The molecule has 0 aromatic heterocycles. The standard InChI is InChI=1S/C37H67NO11/c1-14-27-21(5)30(40)22(6)29(39)18(2)15-19(3)32(49-36-31(41)26(38(11)12)16-20(4)45-36)23(7)33(24(8)35(43)47-27)48-28-17-37(10,44-13)34(42)25(9)46-28/h18-20,22-34,36,39-42H,5,14-17H2,1-4,6-13H3/t18-,19+,20?,22+,23?,24?,25?,26?,27?,28+,29+,30+,31-,32+,33?,34+,36+,37-/m1/s1. The Kier molecular flexibility index (Phi) is 15.1. The van der Waals surface area contributed by atoms with Crippen LogP contribution in [0.15, 0.2) is 12.2 Å². The molecular weight excluding hydrogens is 634 g/mol. The zero-order chi connectivity index (χ0) is 37.1. The van der Waals surface area contributed by atoms with E-state index in [0.29, 0.717) is 24.8 Å². The number of carbonyl (C=O) groups excluding carboxylic acids is 1. The molecule has 4 N–H and O–H groups in total. The molecule has 3 saturated heterocycles. The van der Waals surface area contributed by atoms with E-state index in [1.165, 1.54) is 7.11 Å². The lowest BCUT2D eigenvalue weighted by Gasteiger charge is -2.47. The minimum atomic E-state index is -1.10. The number of rotatable bonds is 7. The molecule has 0 aromatic carbocycles.